The van der Waals surface area contributed by atoms with E-state index in [9.17, 15) is 4.79 Å². The summed E-state index contributed by atoms with van der Waals surface area (Å²) in [4.78, 5) is 23.7. The van der Waals surface area contributed by atoms with E-state index in [0.717, 1.165) is 49.9 Å². The average Bonchev–Trinajstić information content (AvgIpc) is 3.20. The summed E-state index contributed by atoms with van der Waals surface area (Å²) in [6.07, 6.45) is 2.71. The van der Waals surface area contributed by atoms with E-state index in [1.165, 1.54) is 5.69 Å². The zero-order valence-electron chi connectivity index (χ0n) is 17.9. The van der Waals surface area contributed by atoms with Crippen molar-refractivity contribution in [3.63, 3.8) is 0 Å². The summed E-state index contributed by atoms with van der Waals surface area (Å²) in [6.45, 7) is 8.29. The number of urea groups is 1. The zero-order valence-corrected chi connectivity index (χ0v) is 17.9. The van der Waals surface area contributed by atoms with Crippen LogP contribution in [0.15, 0.2) is 42.6 Å². The van der Waals surface area contributed by atoms with Crippen LogP contribution in [0, 0.1) is 0 Å². The Morgan fingerprint density at radius 2 is 1.70 bits per heavy atom. The SMILES string of the molecule is CCC(C)N1NCN(c2ccc(N3CCN(c4ccc(OC)cc4)CC3)nc2)C1=O. The molecule has 2 aromatic rings. The molecular weight excluding hydrogens is 380 g/mol. The summed E-state index contributed by atoms with van der Waals surface area (Å²) in [5, 5.41) is 1.70. The summed E-state index contributed by atoms with van der Waals surface area (Å²) < 4.78 is 5.24. The highest BCUT2D eigenvalue weighted by Gasteiger charge is 2.32. The molecule has 3 heterocycles. The van der Waals surface area contributed by atoms with E-state index in [1.807, 2.05) is 31.2 Å². The Morgan fingerprint density at radius 1 is 1.03 bits per heavy atom. The van der Waals surface area contributed by atoms with E-state index in [1.54, 1.807) is 23.2 Å². The number of benzene rings is 1. The lowest BCUT2D eigenvalue weighted by molar-refractivity contribution is 0.176. The maximum atomic E-state index is 12.6. The van der Waals surface area contributed by atoms with Gasteiger partial charge in [-0.3, -0.25) is 9.91 Å². The number of hydrogen-bond donors (Lipinski definition) is 1. The number of piperazine rings is 1. The number of carbonyl (C=O) groups is 1. The third-order valence-corrected chi connectivity index (χ3v) is 5.95. The Hall–Kier alpha value is -3.00. The van der Waals surface area contributed by atoms with Gasteiger partial charge in [0.1, 0.15) is 11.6 Å². The number of carbonyl (C=O) groups excluding carboxylic acids is 1. The number of methoxy groups -OCH3 is 1. The summed E-state index contributed by atoms with van der Waals surface area (Å²) in [5.74, 6) is 1.83. The molecule has 160 valence electrons. The molecule has 1 aromatic heterocycles. The number of aromatic nitrogens is 1. The van der Waals surface area contributed by atoms with Crippen molar-refractivity contribution in [1.29, 1.82) is 0 Å². The van der Waals surface area contributed by atoms with Crippen LogP contribution < -0.4 is 24.9 Å². The molecule has 8 nitrogen and oxygen atoms in total. The Balaban J connectivity index is 1.35. The highest BCUT2D eigenvalue weighted by Crippen LogP contribution is 2.24. The second-order valence-electron chi connectivity index (χ2n) is 7.70. The fraction of sp³-hybridized carbons (Fsp3) is 0.455. The molecule has 2 aliphatic heterocycles. The van der Waals surface area contributed by atoms with Crippen LogP contribution in [-0.2, 0) is 0 Å². The summed E-state index contributed by atoms with van der Waals surface area (Å²) in [7, 11) is 1.68. The lowest BCUT2D eigenvalue weighted by Gasteiger charge is -2.36. The van der Waals surface area contributed by atoms with Crippen molar-refractivity contribution in [2.75, 3.05) is 54.7 Å². The number of ether oxygens (including phenoxy) is 1. The molecule has 2 saturated heterocycles. The highest BCUT2D eigenvalue weighted by atomic mass is 16.5. The molecule has 0 aliphatic carbocycles. The molecule has 2 aliphatic rings. The first-order valence-corrected chi connectivity index (χ1v) is 10.5. The van der Waals surface area contributed by atoms with Gasteiger partial charge < -0.3 is 14.5 Å². The van der Waals surface area contributed by atoms with Gasteiger partial charge in [-0.2, -0.15) is 0 Å². The number of nitrogens with one attached hydrogen (secondary N) is 1. The van der Waals surface area contributed by atoms with Gasteiger partial charge in [0.25, 0.3) is 0 Å². The lowest BCUT2D eigenvalue weighted by Crippen LogP contribution is -2.46. The third kappa shape index (κ3) is 4.00. The fourth-order valence-electron chi connectivity index (χ4n) is 3.85. The Bertz CT molecular complexity index is 849. The van der Waals surface area contributed by atoms with Gasteiger partial charge >= 0.3 is 6.03 Å². The Morgan fingerprint density at radius 3 is 2.30 bits per heavy atom. The molecular formula is C22H30N6O2. The Kier molecular flexibility index (Phi) is 5.94. The molecule has 1 N–H and O–H groups in total. The van der Waals surface area contributed by atoms with Crippen LogP contribution in [-0.4, -0.2) is 62.0 Å². The smallest absolute Gasteiger partial charge is 0.340 e. The monoisotopic (exact) mass is 410 g/mol. The molecule has 1 unspecified atom stereocenters. The van der Waals surface area contributed by atoms with Gasteiger partial charge in [-0.05, 0) is 49.7 Å². The van der Waals surface area contributed by atoms with Gasteiger partial charge in [0.05, 0.1) is 25.7 Å². The van der Waals surface area contributed by atoms with E-state index in [2.05, 4.69) is 39.3 Å². The van der Waals surface area contributed by atoms with Gasteiger partial charge in [-0.25, -0.2) is 15.2 Å². The maximum Gasteiger partial charge on any atom is 0.340 e. The largest absolute Gasteiger partial charge is 0.497 e. The fourth-order valence-corrected chi connectivity index (χ4v) is 3.85. The number of hydrazine groups is 1. The number of rotatable bonds is 6. The minimum Gasteiger partial charge on any atom is -0.497 e. The standard InChI is InChI=1S/C22H30N6O2/c1-4-17(2)28-22(29)27(16-24-28)19-7-10-21(23-15-19)26-13-11-25(12-14-26)18-5-8-20(30-3)9-6-18/h5-10,15,17,24H,4,11-14,16H2,1-3H3. The average molecular weight is 411 g/mol. The molecule has 0 bridgehead atoms. The molecule has 2 amide bonds. The molecule has 1 atom stereocenters. The summed E-state index contributed by atoms with van der Waals surface area (Å²) >= 11 is 0. The maximum absolute atomic E-state index is 12.6. The van der Waals surface area contributed by atoms with Crippen molar-refractivity contribution in [3.05, 3.63) is 42.6 Å². The molecule has 2 fully saturated rings. The van der Waals surface area contributed by atoms with E-state index in [0.29, 0.717) is 6.67 Å². The molecule has 0 radical (unpaired) electrons. The topological polar surface area (TPSA) is 64.2 Å². The number of nitrogens with zero attached hydrogens (tertiary/aromatic N) is 5. The van der Waals surface area contributed by atoms with Crippen molar-refractivity contribution in [3.8, 4) is 5.75 Å². The van der Waals surface area contributed by atoms with Crippen molar-refractivity contribution in [1.82, 2.24) is 15.4 Å². The first-order chi connectivity index (χ1) is 14.6. The number of anilines is 3. The lowest BCUT2D eigenvalue weighted by atomic mass is 10.2. The number of pyridine rings is 1. The minimum absolute atomic E-state index is 0.0213. The van der Waals surface area contributed by atoms with E-state index >= 15 is 0 Å². The van der Waals surface area contributed by atoms with Crippen molar-refractivity contribution in [2.24, 2.45) is 0 Å². The zero-order chi connectivity index (χ0) is 21.1. The van der Waals surface area contributed by atoms with Crippen molar-refractivity contribution in [2.45, 2.75) is 26.3 Å². The summed E-state index contributed by atoms with van der Waals surface area (Å²) in [5.41, 5.74) is 5.20. The molecule has 4 rings (SSSR count). The van der Waals surface area contributed by atoms with Crippen LogP contribution in [0.1, 0.15) is 20.3 Å². The van der Waals surface area contributed by atoms with Crippen LogP contribution in [0.4, 0.5) is 22.0 Å². The third-order valence-electron chi connectivity index (χ3n) is 5.95. The Labute approximate surface area is 178 Å². The quantitative estimate of drug-likeness (QED) is 0.790. The van der Waals surface area contributed by atoms with Crippen LogP contribution in [0.2, 0.25) is 0 Å². The highest BCUT2D eigenvalue weighted by molar-refractivity contribution is 5.93. The molecule has 1 aromatic carbocycles. The first-order valence-electron chi connectivity index (χ1n) is 10.5. The molecule has 8 heteroatoms. The van der Waals surface area contributed by atoms with Gasteiger partial charge in [0.15, 0.2) is 0 Å². The second-order valence-corrected chi connectivity index (χ2v) is 7.70. The van der Waals surface area contributed by atoms with E-state index < -0.39 is 0 Å². The normalized spacial score (nSPS) is 18.2. The van der Waals surface area contributed by atoms with Crippen molar-refractivity contribution < 1.29 is 9.53 Å². The first kappa shape index (κ1) is 20.3. The second kappa shape index (κ2) is 8.79. The van der Waals surface area contributed by atoms with Gasteiger partial charge in [0.2, 0.25) is 0 Å². The van der Waals surface area contributed by atoms with Gasteiger partial charge in [-0.15, -0.1) is 0 Å². The van der Waals surface area contributed by atoms with Crippen molar-refractivity contribution >= 4 is 23.2 Å². The van der Waals surface area contributed by atoms with Crippen LogP contribution in [0.25, 0.3) is 0 Å². The van der Waals surface area contributed by atoms with Crippen LogP contribution in [0.5, 0.6) is 5.75 Å². The van der Waals surface area contributed by atoms with E-state index in [-0.39, 0.29) is 12.1 Å². The predicted molar refractivity (Wildman–Crippen MR) is 119 cm³/mol. The van der Waals surface area contributed by atoms with Crippen LogP contribution >= 0.6 is 0 Å². The number of amides is 2. The molecule has 30 heavy (non-hydrogen) atoms. The van der Waals surface area contributed by atoms with E-state index in [4.69, 9.17) is 4.74 Å². The molecule has 0 spiro atoms. The van der Waals surface area contributed by atoms with Gasteiger partial charge in [0, 0.05) is 37.9 Å². The molecule has 0 saturated carbocycles. The van der Waals surface area contributed by atoms with Crippen LogP contribution in [0.3, 0.4) is 0 Å². The van der Waals surface area contributed by atoms with Gasteiger partial charge in [-0.1, -0.05) is 6.92 Å². The number of hydrogen-bond acceptors (Lipinski definition) is 6. The summed E-state index contributed by atoms with van der Waals surface area (Å²) in [6, 6.07) is 12.3. The minimum atomic E-state index is -0.0213. The predicted octanol–water partition coefficient (Wildman–Crippen LogP) is 2.92.